The van der Waals surface area contributed by atoms with Crippen LogP contribution >= 0.6 is 24.0 Å². The first-order valence-electron chi connectivity index (χ1n) is 8.41. The zero-order valence-electron chi connectivity index (χ0n) is 15.5. The first kappa shape index (κ1) is 22.8. The number of hydrogen-bond acceptors (Lipinski definition) is 5. The van der Waals surface area contributed by atoms with Crippen molar-refractivity contribution in [1.29, 1.82) is 0 Å². The number of aromatic nitrogens is 1. The van der Waals surface area contributed by atoms with Crippen molar-refractivity contribution in [3.8, 4) is 17.4 Å². The van der Waals surface area contributed by atoms with Crippen LogP contribution in [0.3, 0.4) is 0 Å². The summed E-state index contributed by atoms with van der Waals surface area (Å²) in [6.07, 6.45) is -3.05. The van der Waals surface area contributed by atoms with E-state index in [4.69, 9.17) is 14.2 Å². The summed E-state index contributed by atoms with van der Waals surface area (Å²) >= 11 is 0. The van der Waals surface area contributed by atoms with Crippen molar-refractivity contribution in [1.82, 2.24) is 15.6 Å². The predicted molar refractivity (Wildman–Crippen MR) is 111 cm³/mol. The summed E-state index contributed by atoms with van der Waals surface area (Å²) in [5.74, 6) is 1.79. The second kappa shape index (κ2) is 10.4. The molecule has 0 bridgehead atoms. The highest BCUT2D eigenvalue weighted by Crippen LogP contribution is 2.32. The number of ether oxygens (including phenoxy) is 3. The molecule has 0 amide bonds. The molecule has 3 rings (SSSR count). The van der Waals surface area contributed by atoms with Crippen LogP contribution in [0.2, 0.25) is 0 Å². The predicted octanol–water partition coefficient (Wildman–Crippen LogP) is 3.23. The van der Waals surface area contributed by atoms with Crippen LogP contribution < -0.4 is 24.8 Å². The van der Waals surface area contributed by atoms with Crippen LogP contribution in [0.1, 0.15) is 11.1 Å². The highest BCUT2D eigenvalue weighted by atomic mass is 127. The lowest BCUT2D eigenvalue weighted by atomic mass is 10.2. The molecule has 0 saturated heterocycles. The molecule has 1 aromatic heterocycles. The molecule has 1 aromatic carbocycles. The Morgan fingerprint density at radius 3 is 2.69 bits per heavy atom. The van der Waals surface area contributed by atoms with E-state index in [0.29, 0.717) is 29.6 Å². The lowest BCUT2D eigenvalue weighted by molar-refractivity contribution is -0.154. The molecular weight excluding hydrogens is 504 g/mol. The maximum atomic E-state index is 12.4. The molecule has 0 saturated carbocycles. The third-order valence-electron chi connectivity index (χ3n) is 3.79. The molecule has 11 heteroatoms. The van der Waals surface area contributed by atoms with Crippen molar-refractivity contribution in [2.75, 3.05) is 20.4 Å². The highest BCUT2D eigenvalue weighted by Gasteiger charge is 2.29. The minimum Gasteiger partial charge on any atom is -0.468 e. The van der Waals surface area contributed by atoms with Gasteiger partial charge in [0.05, 0.1) is 0 Å². The number of nitrogens with zero attached hydrogens (tertiary/aromatic N) is 2. The number of alkyl halides is 3. The summed E-state index contributed by atoms with van der Waals surface area (Å²) in [7, 11) is 1.60. The van der Waals surface area contributed by atoms with Crippen LogP contribution in [0.25, 0.3) is 0 Å². The van der Waals surface area contributed by atoms with E-state index in [9.17, 15) is 13.2 Å². The van der Waals surface area contributed by atoms with E-state index >= 15 is 0 Å². The van der Waals surface area contributed by atoms with Gasteiger partial charge in [-0.15, -0.1) is 24.0 Å². The number of halogens is 4. The zero-order valence-corrected chi connectivity index (χ0v) is 17.8. The Balaban J connectivity index is 0.00000300. The summed E-state index contributed by atoms with van der Waals surface area (Å²) in [4.78, 5) is 7.97. The molecule has 158 valence electrons. The van der Waals surface area contributed by atoms with Crippen molar-refractivity contribution in [2.24, 2.45) is 4.99 Å². The number of rotatable bonds is 6. The number of benzene rings is 1. The smallest absolute Gasteiger partial charge is 0.422 e. The van der Waals surface area contributed by atoms with Crippen LogP contribution in [0.5, 0.6) is 17.4 Å². The second-order valence-corrected chi connectivity index (χ2v) is 5.84. The van der Waals surface area contributed by atoms with Crippen molar-refractivity contribution in [3.05, 3.63) is 47.7 Å². The first-order chi connectivity index (χ1) is 13.4. The molecule has 2 aromatic rings. The molecule has 0 unspecified atom stereocenters. The maximum absolute atomic E-state index is 12.4. The number of pyridine rings is 1. The van der Waals surface area contributed by atoms with Gasteiger partial charge in [0.25, 0.3) is 0 Å². The summed E-state index contributed by atoms with van der Waals surface area (Å²) in [5, 5.41) is 6.15. The standard InChI is InChI=1S/C18H19F3N4O3.HI/c1-22-17(24-8-12-4-5-14-15(7-12)28-11-27-14)25-9-13-3-2-6-23-16(13)26-10-18(19,20)21;/h2-7H,8-11H2,1H3,(H2,22,24,25);1H. The number of hydrogen-bond donors (Lipinski definition) is 2. The average molecular weight is 524 g/mol. The van der Waals surface area contributed by atoms with Gasteiger partial charge >= 0.3 is 6.18 Å². The summed E-state index contributed by atoms with van der Waals surface area (Å²) < 4.78 is 52.5. The normalized spacial score (nSPS) is 12.9. The van der Waals surface area contributed by atoms with E-state index in [2.05, 4.69) is 20.6 Å². The second-order valence-electron chi connectivity index (χ2n) is 5.84. The van der Waals surface area contributed by atoms with Crippen LogP contribution in [-0.4, -0.2) is 37.6 Å². The molecular formula is C18H20F3IN4O3. The molecule has 1 aliphatic rings. The van der Waals surface area contributed by atoms with Gasteiger partial charge in [0.15, 0.2) is 24.1 Å². The lowest BCUT2D eigenvalue weighted by Gasteiger charge is -2.15. The molecule has 0 fully saturated rings. The largest absolute Gasteiger partial charge is 0.468 e. The fourth-order valence-electron chi connectivity index (χ4n) is 2.48. The van der Waals surface area contributed by atoms with Gasteiger partial charge in [-0.2, -0.15) is 13.2 Å². The quantitative estimate of drug-likeness (QED) is 0.344. The van der Waals surface area contributed by atoms with Gasteiger partial charge in [-0.05, 0) is 23.8 Å². The summed E-state index contributed by atoms with van der Waals surface area (Å²) in [6, 6.07) is 8.86. The molecule has 2 N–H and O–H groups in total. The Morgan fingerprint density at radius 2 is 1.93 bits per heavy atom. The molecule has 0 aliphatic carbocycles. The molecule has 0 atom stereocenters. The van der Waals surface area contributed by atoms with E-state index in [1.54, 1.807) is 19.2 Å². The van der Waals surface area contributed by atoms with Gasteiger partial charge in [-0.3, -0.25) is 4.99 Å². The number of nitrogens with one attached hydrogen (secondary N) is 2. The number of fused-ring (bicyclic) bond motifs is 1. The van der Waals surface area contributed by atoms with Gasteiger partial charge in [0, 0.05) is 31.9 Å². The van der Waals surface area contributed by atoms with Gasteiger partial charge < -0.3 is 24.8 Å². The van der Waals surface area contributed by atoms with Crippen LogP contribution in [0.4, 0.5) is 13.2 Å². The minimum absolute atomic E-state index is 0. The minimum atomic E-state index is -4.43. The highest BCUT2D eigenvalue weighted by molar-refractivity contribution is 14.0. The molecule has 29 heavy (non-hydrogen) atoms. The van der Waals surface area contributed by atoms with Crippen LogP contribution in [-0.2, 0) is 13.1 Å². The van der Waals surface area contributed by atoms with E-state index < -0.39 is 12.8 Å². The van der Waals surface area contributed by atoms with E-state index in [1.807, 2.05) is 18.2 Å². The van der Waals surface area contributed by atoms with E-state index in [1.165, 1.54) is 6.20 Å². The number of aliphatic imine (C=N–C) groups is 1. The van der Waals surface area contributed by atoms with Crippen molar-refractivity contribution in [3.63, 3.8) is 0 Å². The van der Waals surface area contributed by atoms with Crippen molar-refractivity contribution in [2.45, 2.75) is 19.3 Å². The topological polar surface area (TPSA) is 77.0 Å². The van der Waals surface area contributed by atoms with Gasteiger partial charge in [-0.25, -0.2) is 4.98 Å². The summed E-state index contributed by atoms with van der Waals surface area (Å²) in [6.45, 7) is -0.518. The number of guanidine groups is 1. The van der Waals surface area contributed by atoms with E-state index in [-0.39, 0.29) is 43.2 Å². The molecule has 1 aliphatic heterocycles. The van der Waals surface area contributed by atoms with Gasteiger partial charge in [0.2, 0.25) is 12.7 Å². The fraction of sp³-hybridized carbons (Fsp3) is 0.333. The van der Waals surface area contributed by atoms with Crippen LogP contribution in [0, 0.1) is 0 Å². The Hall–Kier alpha value is -2.44. The third-order valence-corrected chi connectivity index (χ3v) is 3.79. The third kappa shape index (κ3) is 6.84. The monoisotopic (exact) mass is 524 g/mol. The Kier molecular flexibility index (Phi) is 8.17. The zero-order chi connectivity index (χ0) is 20.0. The summed E-state index contributed by atoms with van der Waals surface area (Å²) in [5.41, 5.74) is 1.44. The fourth-order valence-corrected chi connectivity index (χ4v) is 2.48. The lowest BCUT2D eigenvalue weighted by Crippen LogP contribution is -2.36. The van der Waals surface area contributed by atoms with E-state index in [0.717, 1.165) is 5.56 Å². The first-order valence-corrected chi connectivity index (χ1v) is 8.41. The molecule has 0 spiro atoms. The average Bonchev–Trinajstić information content (AvgIpc) is 3.14. The SMILES string of the molecule is CN=C(NCc1ccc2c(c1)OCO2)NCc1cccnc1OCC(F)(F)F.I. The van der Waals surface area contributed by atoms with Gasteiger partial charge in [-0.1, -0.05) is 12.1 Å². The van der Waals surface area contributed by atoms with Crippen LogP contribution in [0.15, 0.2) is 41.5 Å². The molecule has 0 radical (unpaired) electrons. The van der Waals surface area contributed by atoms with Gasteiger partial charge in [0.1, 0.15) is 0 Å². The maximum Gasteiger partial charge on any atom is 0.422 e. The Labute approximate surface area is 182 Å². The Bertz CT molecular complexity index is 849. The molecule has 2 heterocycles. The molecule has 7 nitrogen and oxygen atoms in total. The van der Waals surface area contributed by atoms with Crippen molar-refractivity contribution >= 4 is 29.9 Å². The Morgan fingerprint density at radius 1 is 1.17 bits per heavy atom. The van der Waals surface area contributed by atoms with Crippen molar-refractivity contribution < 1.29 is 27.4 Å².